The van der Waals surface area contributed by atoms with Gasteiger partial charge in [-0.1, -0.05) is 30.3 Å². The Morgan fingerprint density at radius 1 is 1.24 bits per heavy atom. The van der Waals surface area contributed by atoms with Crippen LogP contribution in [-0.4, -0.2) is 35.3 Å². The first-order valence-corrected chi connectivity index (χ1v) is 9.65. The lowest BCUT2D eigenvalue weighted by molar-refractivity contribution is -0.384. The highest BCUT2D eigenvalue weighted by Crippen LogP contribution is 2.35. The molecule has 1 aliphatic rings. The molecule has 0 amide bonds. The number of anilines is 1. The number of hydrogen-bond acceptors (Lipinski definition) is 5. The topological polar surface area (TPSA) is 63.5 Å². The van der Waals surface area contributed by atoms with E-state index < -0.39 is 0 Å². The van der Waals surface area contributed by atoms with Crippen molar-refractivity contribution in [2.24, 2.45) is 0 Å². The number of nitro benzene ring substituents is 1. The third-order valence-electron chi connectivity index (χ3n) is 4.52. The first kappa shape index (κ1) is 17.5. The molecule has 1 aliphatic heterocycles. The lowest BCUT2D eigenvalue weighted by Gasteiger charge is -2.26. The average Bonchev–Trinajstić information content (AvgIpc) is 3.09. The summed E-state index contributed by atoms with van der Waals surface area (Å²) in [5, 5.41) is 11.6. The summed E-state index contributed by atoms with van der Waals surface area (Å²) in [4.78, 5) is 25.9. The minimum absolute atomic E-state index is 0.00906. The predicted octanol–water partition coefficient (Wildman–Crippen LogP) is 4.16. The minimum Gasteiger partial charge on any atom is -0.362 e. The SMILES string of the molecule is CSCC1CCCN1c1ccc(C(=O)c2ccccc2)cc1[N+](=O)[O-]. The lowest BCUT2D eigenvalue weighted by Crippen LogP contribution is -2.31. The van der Waals surface area contributed by atoms with Crippen molar-refractivity contribution in [3.63, 3.8) is 0 Å². The molecule has 1 atom stereocenters. The van der Waals surface area contributed by atoms with Crippen LogP contribution < -0.4 is 4.90 Å². The summed E-state index contributed by atoms with van der Waals surface area (Å²) in [5.41, 5.74) is 1.51. The van der Waals surface area contributed by atoms with Gasteiger partial charge >= 0.3 is 0 Å². The molecule has 0 radical (unpaired) electrons. The molecule has 6 heteroatoms. The van der Waals surface area contributed by atoms with Crippen LogP contribution in [0.1, 0.15) is 28.8 Å². The molecule has 1 unspecified atom stereocenters. The predicted molar refractivity (Wildman–Crippen MR) is 102 cm³/mol. The third kappa shape index (κ3) is 3.69. The fraction of sp³-hybridized carbons (Fsp3) is 0.316. The van der Waals surface area contributed by atoms with E-state index in [0.29, 0.717) is 22.9 Å². The van der Waals surface area contributed by atoms with Crippen molar-refractivity contribution in [3.05, 3.63) is 69.8 Å². The molecule has 2 aromatic carbocycles. The van der Waals surface area contributed by atoms with E-state index in [9.17, 15) is 14.9 Å². The first-order chi connectivity index (χ1) is 12.1. The van der Waals surface area contributed by atoms with Crippen molar-refractivity contribution >= 4 is 28.9 Å². The minimum atomic E-state index is -0.383. The molecule has 0 bridgehead atoms. The molecular weight excluding hydrogens is 336 g/mol. The van der Waals surface area contributed by atoms with Crippen LogP contribution in [0.3, 0.4) is 0 Å². The molecular formula is C19H20N2O3S. The van der Waals surface area contributed by atoms with Crippen LogP contribution in [0, 0.1) is 10.1 Å². The van der Waals surface area contributed by atoms with E-state index in [1.165, 1.54) is 6.07 Å². The summed E-state index contributed by atoms with van der Waals surface area (Å²) in [6, 6.07) is 14.0. The molecule has 0 aliphatic carbocycles. The molecule has 0 spiro atoms. The number of carbonyl (C=O) groups is 1. The van der Waals surface area contributed by atoms with Gasteiger partial charge in [0.15, 0.2) is 5.78 Å². The van der Waals surface area contributed by atoms with Gasteiger partial charge in [0.25, 0.3) is 5.69 Å². The van der Waals surface area contributed by atoms with Gasteiger partial charge in [0.2, 0.25) is 0 Å². The van der Waals surface area contributed by atoms with Crippen molar-refractivity contribution in [3.8, 4) is 0 Å². The number of nitro groups is 1. The zero-order chi connectivity index (χ0) is 17.8. The van der Waals surface area contributed by atoms with E-state index in [0.717, 1.165) is 25.1 Å². The molecule has 1 saturated heterocycles. The van der Waals surface area contributed by atoms with E-state index in [2.05, 4.69) is 4.90 Å². The highest BCUT2D eigenvalue weighted by atomic mass is 32.2. The standard InChI is InChI=1S/C19H20N2O3S/c1-25-13-16-8-5-11-20(16)17-10-9-15(12-18(17)21(23)24)19(22)14-6-3-2-4-7-14/h2-4,6-7,9-10,12,16H,5,8,11,13H2,1H3. The van der Waals surface area contributed by atoms with Crippen molar-refractivity contribution in [1.29, 1.82) is 0 Å². The number of ketones is 1. The first-order valence-electron chi connectivity index (χ1n) is 8.25. The fourth-order valence-electron chi connectivity index (χ4n) is 3.33. The van der Waals surface area contributed by atoms with E-state index in [1.54, 1.807) is 48.2 Å². The lowest BCUT2D eigenvalue weighted by atomic mass is 10.0. The molecule has 1 heterocycles. The summed E-state index contributed by atoms with van der Waals surface area (Å²) in [5.74, 6) is 0.749. The van der Waals surface area contributed by atoms with Gasteiger partial charge < -0.3 is 4.90 Å². The van der Waals surface area contributed by atoms with Gasteiger partial charge in [0, 0.05) is 35.5 Å². The number of benzene rings is 2. The Morgan fingerprint density at radius 2 is 2.00 bits per heavy atom. The number of nitrogens with zero attached hydrogens (tertiary/aromatic N) is 2. The second-order valence-electron chi connectivity index (χ2n) is 6.10. The van der Waals surface area contributed by atoms with Crippen LogP contribution in [0.4, 0.5) is 11.4 Å². The molecule has 130 valence electrons. The molecule has 0 saturated carbocycles. The fourth-order valence-corrected chi connectivity index (χ4v) is 4.06. The van der Waals surface area contributed by atoms with E-state index in [4.69, 9.17) is 0 Å². The molecule has 25 heavy (non-hydrogen) atoms. The highest BCUT2D eigenvalue weighted by molar-refractivity contribution is 7.98. The van der Waals surface area contributed by atoms with Crippen LogP contribution in [0.5, 0.6) is 0 Å². The third-order valence-corrected chi connectivity index (χ3v) is 5.23. The zero-order valence-corrected chi connectivity index (χ0v) is 14.9. The number of rotatable bonds is 6. The Morgan fingerprint density at radius 3 is 2.68 bits per heavy atom. The highest BCUT2D eigenvalue weighted by Gasteiger charge is 2.30. The Balaban J connectivity index is 1.96. The van der Waals surface area contributed by atoms with Crippen molar-refractivity contribution in [2.75, 3.05) is 23.5 Å². The van der Waals surface area contributed by atoms with Gasteiger partial charge in [-0.25, -0.2) is 0 Å². The number of thioether (sulfide) groups is 1. The summed E-state index contributed by atoms with van der Waals surface area (Å²) < 4.78 is 0. The maximum atomic E-state index is 12.6. The van der Waals surface area contributed by atoms with Gasteiger partial charge in [0.05, 0.1) is 4.92 Å². The van der Waals surface area contributed by atoms with Gasteiger partial charge in [-0.2, -0.15) is 11.8 Å². The Hall–Kier alpha value is -2.34. The van der Waals surface area contributed by atoms with Crippen molar-refractivity contribution in [2.45, 2.75) is 18.9 Å². The second kappa shape index (κ2) is 7.70. The monoisotopic (exact) mass is 356 g/mol. The van der Waals surface area contributed by atoms with Crippen LogP contribution in [0.25, 0.3) is 0 Å². The van der Waals surface area contributed by atoms with Gasteiger partial charge in [0.1, 0.15) is 5.69 Å². The second-order valence-corrected chi connectivity index (χ2v) is 7.01. The zero-order valence-electron chi connectivity index (χ0n) is 14.1. The number of carbonyl (C=O) groups excluding carboxylic acids is 1. The maximum absolute atomic E-state index is 12.6. The normalized spacial score (nSPS) is 16.8. The summed E-state index contributed by atoms with van der Waals surface area (Å²) in [6.45, 7) is 0.818. The Bertz CT molecular complexity index is 779. The van der Waals surface area contributed by atoms with Gasteiger partial charge in [-0.05, 0) is 31.2 Å². The quantitative estimate of drug-likeness (QED) is 0.442. The molecule has 0 N–H and O–H groups in total. The smallest absolute Gasteiger partial charge is 0.293 e. The van der Waals surface area contributed by atoms with E-state index >= 15 is 0 Å². The maximum Gasteiger partial charge on any atom is 0.293 e. The van der Waals surface area contributed by atoms with E-state index in [-0.39, 0.29) is 16.4 Å². The summed E-state index contributed by atoms with van der Waals surface area (Å²) >= 11 is 1.75. The van der Waals surface area contributed by atoms with Crippen LogP contribution >= 0.6 is 11.8 Å². The average molecular weight is 356 g/mol. The summed E-state index contributed by atoms with van der Waals surface area (Å²) in [6.07, 6.45) is 4.13. The Kier molecular flexibility index (Phi) is 5.38. The summed E-state index contributed by atoms with van der Waals surface area (Å²) in [7, 11) is 0. The van der Waals surface area contributed by atoms with Crippen LogP contribution in [0.15, 0.2) is 48.5 Å². The van der Waals surface area contributed by atoms with Gasteiger partial charge in [-0.15, -0.1) is 0 Å². The molecule has 5 nitrogen and oxygen atoms in total. The number of hydrogen-bond donors (Lipinski definition) is 0. The van der Waals surface area contributed by atoms with Crippen LogP contribution in [-0.2, 0) is 0 Å². The van der Waals surface area contributed by atoms with Crippen molar-refractivity contribution < 1.29 is 9.72 Å². The molecule has 2 aromatic rings. The molecule has 1 fully saturated rings. The van der Waals surface area contributed by atoms with Crippen LogP contribution in [0.2, 0.25) is 0 Å². The largest absolute Gasteiger partial charge is 0.362 e. The van der Waals surface area contributed by atoms with Gasteiger partial charge in [-0.3, -0.25) is 14.9 Å². The molecule has 0 aromatic heterocycles. The van der Waals surface area contributed by atoms with E-state index in [1.807, 2.05) is 12.3 Å². The van der Waals surface area contributed by atoms with Crippen molar-refractivity contribution in [1.82, 2.24) is 0 Å². The Labute approximate surface area is 151 Å². The molecule has 3 rings (SSSR count).